The molecule has 0 spiro atoms. The highest BCUT2D eigenvalue weighted by Gasteiger charge is 2.46. The molecular formula is C24H23ClF6O3. The van der Waals surface area contributed by atoms with Crippen LogP contribution >= 0.6 is 11.6 Å². The third-order valence-corrected chi connectivity index (χ3v) is 6.65. The number of benzene rings is 2. The van der Waals surface area contributed by atoms with Gasteiger partial charge in [-0.25, -0.2) is 0 Å². The van der Waals surface area contributed by atoms with Crippen LogP contribution in [-0.2, 0) is 16.4 Å². The van der Waals surface area contributed by atoms with E-state index in [1.54, 1.807) is 0 Å². The summed E-state index contributed by atoms with van der Waals surface area (Å²) in [5.41, 5.74) is -1.96. The molecule has 0 radical (unpaired) electrons. The Hall–Kier alpha value is -2.42. The van der Waals surface area contributed by atoms with Crippen molar-refractivity contribution in [2.24, 2.45) is 5.41 Å². The Balaban J connectivity index is 2.15. The van der Waals surface area contributed by atoms with Crippen molar-refractivity contribution in [3.63, 3.8) is 0 Å². The molecule has 186 valence electrons. The standard InChI is InChI=1S/C24H23ClF6O3/c1-21(2)7-9-22(10-8-21,20(32)33)16-11-17(14-3-5-15(6-4-14)24(29,30)31)19(18(25)12-16)34-13-23(26,27)28/h3-6,11-12H,7-10,13H2,1-2H3,(H,32,33). The van der Waals surface area contributed by atoms with Crippen LogP contribution in [0.2, 0.25) is 5.02 Å². The molecule has 1 saturated carbocycles. The Morgan fingerprint density at radius 3 is 2.03 bits per heavy atom. The lowest BCUT2D eigenvalue weighted by Gasteiger charge is -2.41. The minimum absolute atomic E-state index is 0.00840. The fraction of sp³-hybridized carbons (Fsp3) is 0.458. The van der Waals surface area contributed by atoms with Gasteiger partial charge in [-0.05, 0) is 66.5 Å². The zero-order valence-electron chi connectivity index (χ0n) is 18.4. The Kier molecular flexibility index (Phi) is 6.92. The molecule has 0 unspecified atom stereocenters. The van der Waals surface area contributed by atoms with E-state index in [1.807, 2.05) is 13.8 Å². The van der Waals surface area contributed by atoms with Crippen LogP contribution in [0.1, 0.15) is 50.7 Å². The fourth-order valence-corrected chi connectivity index (χ4v) is 4.48. The zero-order valence-corrected chi connectivity index (χ0v) is 19.2. The third kappa shape index (κ3) is 5.62. The predicted octanol–water partition coefficient (Wildman–Crippen LogP) is 7.89. The van der Waals surface area contributed by atoms with E-state index in [1.165, 1.54) is 12.1 Å². The van der Waals surface area contributed by atoms with E-state index in [4.69, 9.17) is 16.3 Å². The van der Waals surface area contributed by atoms with E-state index in [0.717, 1.165) is 24.3 Å². The number of carboxylic acids is 1. The van der Waals surface area contributed by atoms with Crippen molar-refractivity contribution < 1.29 is 41.0 Å². The van der Waals surface area contributed by atoms with E-state index in [-0.39, 0.29) is 45.7 Å². The number of alkyl halides is 6. The average Bonchev–Trinajstić information content (AvgIpc) is 2.71. The molecule has 10 heteroatoms. The molecule has 0 saturated heterocycles. The number of carboxylic acid groups (broad SMARTS) is 1. The first-order valence-corrected chi connectivity index (χ1v) is 10.9. The van der Waals surface area contributed by atoms with Gasteiger partial charge in [0.15, 0.2) is 6.61 Å². The minimum atomic E-state index is -4.68. The fourth-order valence-electron chi connectivity index (χ4n) is 4.20. The lowest BCUT2D eigenvalue weighted by atomic mass is 9.62. The number of hydrogen-bond donors (Lipinski definition) is 1. The lowest BCUT2D eigenvalue weighted by molar-refractivity contribution is -0.153. The summed E-state index contributed by atoms with van der Waals surface area (Å²) in [7, 11) is 0. The van der Waals surface area contributed by atoms with Crippen LogP contribution in [0.4, 0.5) is 26.3 Å². The van der Waals surface area contributed by atoms with Crippen molar-refractivity contribution >= 4 is 17.6 Å². The first-order chi connectivity index (χ1) is 15.5. The van der Waals surface area contributed by atoms with Gasteiger partial charge < -0.3 is 9.84 Å². The minimum Gasteiger partial charge on any atom is -0.482 e. The molecule has 0 bridgehead atoms. The molecule has 3 rings (SSSR count). The maximum atomic E-state index is 13.0. The molecule has 0 heterocycles. The van der Waals surface area contributed by atoms with Crippen LogP contribution in [0, 0.1) is 5.41 Å². The molecule has 1 fully saturated rings. The highest BCUT2D eigenvalue weighted by Crippen LogP contribution is 2.50. The summed E-state index contributed by atoms with van der Waals surface area (Å²) in [5.74, 6) is -1.47. The van der Waals surface area contributed by atoms with Gasteiger partial charge in [-0.1, -0.05) is 37.6 Å². The second-order valence-corrected chi connectivity index (χ2v) is 9.77. The van der Waals surface area contributed by atoms with E-state index in [2.05, 4.69) is 0 Å². The zero-order chi connectivity index (χ0) is 25.5. The summed E-state index contributed by atoms with van der Waals surface area (Å²) in [5, 5.41) is 9.87. The Morgan fingerprint density at radius 2 is 1.56 bits per heavy atom. The second-order valence-electron chi connectivity index (χ2n) is 9.37. The van der Waals surface area contributed by atoms with Crippen molar-refractivity contribution in [2.45, 2.75) is 57.3 Å². The maximum Gasteiger partial charge on any atom is 0.422 e. The van der Waals surface area contributed by atoms with E-state index < -0.39 is 35.9 Å². The van der Waals surface area contributed by atoms with E-state index in [0.29, 0.717) is 12.8 Å². The normalized spacial score (nSPS) is 17.9. The maximum absolute atomic E-state index is 13.0. The molecule has 1 aliphatic carbocycles. The van der Waals surface area contributed by atoms with E-state index >= 15 is 0 Å². The van der Waals surface area contributed by atoms with Gasteiger partial charge >= 0.3 is 18.3 Å². The van der Waals surface area contributed by atoms with Gasteiger partial charge in [0.1, 0.15) is 5.75 Å². The predicted molar refractivity (Wildman–Crippen MR) is 115 cm³/mol. The summed E-state index contributed by atoms with van der Waals surface area (Å²) in [6.07, 6.45) is -7.54. The first kappa shape index (κ1) is 26.2. The number of rotatable bonds is 5. The van der Waals surface area contributed by atoms with Crippen molar-refractivity contribution in [1.29, 1.82) is 0 Å². The van der Waals surface area contributed by atoms with Crippen molar-refractivity contribution in [1.82, 2.24) is 0 Å². The van der Waals surface area contributed by atoms with Crippen molar-refractivity contribution in [3.05, 3.63) is 52.5 Å². The summed E-state index contributed by atoms with van der Waals surface area (Å²) < 4.78 is 82.4. The van der Waals surface area contributed by atoms with Gasteiger partial charge in [0.25, 0.3) is 0 Å². The van der Waals surface area contributed by atoms with E-state index in [9.17, 15) is 36.2 Å². The molecule has 0 aliphatic heterocycles. The average molecular weight is 509 g/mol. The summed E-state index contributed by atoms with van der Waals surface area (Å²) in [6.45, 7) is 2.37. The topological polar surface area (TPSA) is 46.5 Å². The quantitative estimate of drug-likeness (QED) is 0.418. The van der Waals surface area contributed by atoms with Gasteiger partial charge in [-0.2, -0.15) is 26.3 Å². The Morgan fingerprint density at radius 1 is 1.00 bits per heavy atom. The second kappa shape index (κ2) is 8.98. The van der Waals surface area contributed by atoms with Crippen LogP contribution in [0.25, 0.3) is 11.1 Å². The molecule has 0 atom stereocenters. The monoisotopic (exact) mass is 508 g/mol. The molecule has 1 aliphatic rings. The van der Waals surface area contributed by atoms with Crippen molar-refractivity contribution in [2.75, 3.05) is 6.61 Å². The number of ether oxygens (including phenoxy) is 1. The first-order valence-electron chi connectivity index (χ1n) is 10.5. The van der Waals surface area contributed by atoms with Gasteiger partial charge in [-0.3, -0.25) is 4.79 Å². The molecule has 3 nitrogen and oxygen atoms in total. The van der Waals surface area contributed by atoms with Gasteiger partial charge in [0.05, 0.1) is 16.0 Å². The Labute approximate surface area is 197 Å². The van der Waals surface area contributed by atoms with Gasteiger partial charge in [0.2, 0.25) is 0 Å². The molecule has 1 N–H and O–H groups in total. The molecule has 2 aromatic carbocycles. The SMILES string of the molecule is CC1(C)CCC(C(=O)O)(c2cc(Cl)c(OCC(F)(F)F)c(-c3ccc(C(F)(F)F)cc3)c2)CC1. The number of hydrogen-bond acceptors (Lipinski definition) is 2. The van der Waals surface area contributed by atoms with Crippen LogP contribution in [-0.4, -0.2) is 23.9 Å². The summed E-state index contributed by atoms with van der Waals surface area (Å²) in [4.78, 5) is 12.4. The van der Waals surface area contributed by atoms with Crippen molar-refractivity contribution in [3.8, 4) is 16.9 Å². The molecule has 2 aromatic rings. The number of carbonyl (C=O) groups is 1. The Bertz CT molecular complexity index is 1050. The molecular weight excluding hydrogens is 486 g/mol. The summed E-state index contributed by atoms with van der Waals surface area (Å²) in [6, 6.07) is 6.42. The van der Waals surface area contributed by atoms with Gasteiger partial charge in [0, 0.05) is 5.56 Å². The molecule has 0 amide bonds. The molecule has 0 aromatic heterocycles. The van der Waals surface area contributed by atoms with Crippen LogP contribution < -0.4 is 4.74 Å². The smallest absolute Gasteiger partial charge is 0.422 e. The number of halogens is 7. The van der Waals surface area contributed by atoms with Gasteiger partial charge in [-0.15, -0.1) is 0 Å². The van der Waals surface area contributed by atoms with Crippen LogP contribution in [0.3, 0.4) is 0 Å². The van der Waals surface area contributed by atoms with Crippen LogP contribution in [0.5, 0.6) is 5.75 Å². The largest absolute Gasteiger partial charge is 0.482 e. The molecule has 34 heavy (non-hydrogen) atoms. The highest BCUT2D eigenvalue weighted by atomic mass is 35.5. The third-order valence-electron chi connectivity index (χ3n) is 6.37. The summed E-state index contributed by atoms with van der Waals surface area (Å²) >= 11 is 6.29. The lowest BCUT2D eigenvalue weighted by Crippen LogP contribution is -2.41. The highest BCUT2D eigenvalue weighted by molar-refractivity contribution is 6.32. The number of aliphatic carboxylic acids is 1. The van der Waals surface area contributed by atoms with Crippen LogP contribution in [0.15, 0.2) is 36.4 Å².